The van der Waals surface area contributed by atoms with Crippen LogP contribution in [0.3, 0.4) is 0 Å². The summed E-state index contributed by atoms with van der Waals surface area (Å²) in [6, 6.07) is 17.7. The van der Waals surface area contributed by atoms with Gasteiger partial charge in [0, 0.05) is 17.0 Å². The molecule has 4 aromatic rings. The molecule has 0 saturated heterocycles. The van der Waals surface area contributed by atoms with E-state index < -0.39 is 22.5 Å². The van der Waals surface area contributed by atoms with E-state index in [1.807, 2.05) is 49.4 Å². The van der Waals surface area contributed by atoms with E-state index in [1.165, 1.54) is 12.1 Å². The molecule has 0 spiro atoms. The lowest BCUT2D eigenvalue weighted by Gasteiger charge is -2.17. The molecule has 4 rings (SSSR count). The Labute approximate surface area is 203 Å². The third-order valence-corrected chi connectivity index (χ3v) is 6.30. The molecule has 0 unspecified atom stereocenters. The first-order valence-electron chi connectivity index (χ1n) is 10.9. The Hall–Kier alpha value is -4.04. The third-order valence-electron chi connectivity index (χ3n) is 5.67. The molecule has 0 bridgehead atoms. The minimum absolute atomic E-state index is 0.215. The van der Waals surface area contributed by atoms with E-state index in [2.05, 4.69) is 10.2 Å². The maximum atomic E-state index is 15.3. The van der Waals surface area contributed by atoms with Crippen molar-refractivity contribution in [2.24, 2.45) is 0 Å². The monoisotopic (exact) mass is 490 g/mol. The highest BCUT2D eigenvalue weighted by Crippen LogP contribution is 2.36. The van der Waals surface area contributed by atoms with Gasteiger partial charge in [-0.3, -0.25) is 5.10 Å². The second-order valence-electron chi connectivity index (χ2n) is 7.98. The normalized spacial score (nSPS) is 12.4. The van der Waals surface area contributed by atoms with Crippen molar-refractivity contribution in [2.45, 2.75) is 19.1 Å². The van der Waals surface area contributed by atoms with Crippen LogP contribution in [0.4, 0.5) is 4.39 Å². The van der Waals surface area contributed by atoms with Crippen molar-refractivity contribution in [3.8, 4) is 0 Å². The number of hydrogen-bond acceptors (Lipinski definition) is 4. The number of aliphatic carboxylic acids is 1. The molecule has 1 heterocycles. The highest BCUT2D eigenvalue weighted by Gasteiger charge is 2.17. The van der Waals surface area contributed by atoms with Gasteiger partial charge in [-0.25, -0.2) is 17.6 Å². The Balaban J connectivity index is 1.91. The smallest absolute Gasteiger partial charge is 0.328 e. The quantitative estimate of drug-likeness (QED) is 0.177. The van der Waals surface area contributed by atoms with Gasteiger partial charge in [-0.1, -0.05) is 49.4 Å². The lowest BCUT2D eigenvalue weighted by molar-refractivity contribution is -0.131. The summed E-state index contributed by atoms with van der Waals surface area (Å²) < 4.78 is 37.4. The number of aromatic nitrogens is 2. The second-order valence-corrected chi connectivity index (χ2v) is 8.96. The topological polar surface area (TPSA) is 100 Å². The first kappa shape index (κ1) is 24.1. The van der Waals surface area contributed by atoms with Crippen molar-refractivity contribution in [2.75, 3.05) is 0 Å². The largest absolute Gasteiger partial charge is 0.478 e. The Morgan fingerprint density at radius 3 is 2.46 bits per heavy atom. The number of carbonyl (C=O) groups is 1. The van der Waals surface area contributed by atoms with E-state index in [4.69, 9.17) is 5.11 Å². The number of thiol groups is 1. The first-order valence-corrected chi connectivity index (χ1v) is 12.3. The zero-order valence-corrected chi connectivity index (χ0v) is 19.8. The van der Waals surface area contributed by atoms with Crippen LogP contribution in [-0.2, 0) is 21.3 Å². The number of halogens is 1. The fourth-order valence-electron chi connectivity index (χ4n) is 4.09. The molecule has 1 aromatic heterocycles. The van der Waals surface area contributed by atoms with Gasteiger partial charge in [-0.2, -0.15) is 5.10 Å². The molecule has 0 radical (unpaired) electrons. The molecule has 0 fully saturated rings. The molecule has 6 nitrogen and oxygen atoms in total. The van der Waals surface area contributed by atoms with Gasteiger partial charge in [0.1, 0.15) is 16.5 Å². The van der Waals surface area contributed by atoms with Crippen molar-refractivity contribution in [1.29, 1.82) is 0 Å². The Morgan fingerprint density at radius 1 is 1.06 bits per heavy atom. The minimum Gasteiger partial charge on any atom is -0.478 e. The molecule has 35 heavy (non-hydrogen) atoms. The lowest BCUT2D eigenvalue weighted by atomic mass is 9.87. The summed E-state index contributed by atoms with van der Waals surface area (Å²) in [4.78, 5) is 10.8. The van der Waals surface area contributed by atoms with E-state index >= 15 is 4.39 Å². The molecule has 0 aliphatic carbocycles. The number of carboxylic acids is 1. The molecule has 178 valence electrons. The maximum Gasteiger partial charge on any atom is 0.328 e. The fraction of sp³-hybridized carbons (Fsp3) is 0.111. The number of aromatic amines is 1. The van der Waals surface area contributed by atoms with E-state index in [0.717, 1.165) is 44.8 Å². The summed E-state index contributed by atoms with van der Waals surface area (Å²) in [5.74, 6) is -1.73. The molecule has 3 aromatic carbocycles. The second kappa shape index (κ2) is 10.5. The van der Waals surface area contributed by atoms with Gasteiger partial charge < -0.3 is 5.11 Å². The van der Waals surface area contributed by atoms with Gasteiger partial charge in [-0.05, 0) is 64.1 Å². The van der Waals surface area contributed by atoms with E-state index in [1.54, 1.807) is 18.3 Å². The van der Waals surface area contributed by atoms with Crippen molar-refractivity contribution in [1.82, 2.24) is 10.2 Å². The first-order chi connectivity index (χ1) is 16.9. The number of nitrogens with zero attached hydrogens (tertiary/aromatic N) is 1. The van der Waals surface area contributed by atoms with Gasteiger partial charge in [0.15, 0.2) is 0 Å². The third kappa shape index (κ3) is 5.55. The summed E-state index contributed by atoms with van der Waals surface area (Å²) in [7, 11) is -2.66. The van der Waals surface area contributed by atoms with Gasteiger partial charge in [0.05, 0.1) is 17.5 Å². The highest BCUT2D eigenvalue weighted by atomic mass is 32.2. The molecule has 0 aliphatic heterocycles. The predicted octanol–water partition coefficient (Wildman–Crippen LogP) is 5.28. The number of nitrogens with one attached hydrogen (secondary N) is 1. The molecule has 0 saturated carbocycles. The average molecular weight is 491 g/mol. The van der Waals surface area contributed by atoms with Crippen LogP contribution in [0.25, 0.3) is 28.1 Å². The molecule has 0 atom stereocenters. The number of allylic oxidation sites excluding steroid dienone is 1. The van der Waals surface area contributed by atoms with Crippen LogP contribution in [-0.4, -0.2) is 29.7 Å². The molecule has 0 aliphatic rings. The Bertz CT molecular complexity index is 1520. The van der Waals surface area contributed by atoms with Crippen LogP contribution in [0.15, 0.2) is 72.9 Å². The number of fused-ring (bicyclic) bond motifs is 1. The molecule has 8 heteroatoms. The van der Waals surface area contributed by atoms with Crippen molar-refractivity contribution >= 4 is 44.8 Å². The standard InChI is InChI=1S/C27H23FN2O4S/c1-2-22(23-10-5-18(13-24(23)28)16-35(33)34)27(20-9-11-25-21(14-20)15-29-30-25)19-7-3-17(4-8-19)6-12-26(31)32/h3-15,35H,2,16H2,1H3,(H,29,30)(H,31,32)/b12-6+,27-22+. The van der Waals surface area contributed by atoms with Crippen molar-refractivity contribution < 1.29 is 22.7 Å². The zero-order chi connectivity index (χ0) is 24.9. The average Bonchev–Trinajstić information content (AvgIpc) is 3.30. The van der Waals surface area contributed by atoms with E-state index in [9.17, 15) is 13.2 Å². The van der Waals surface area contributed by atoms with Gasteiger partial charge in [-0.15, -0.1) is 0 Å². The zero-order valence-electron chi connectivity index (χ0n) is 18.9. The van der Waals surface area contributed by atoms with E-state index in [-0.39, 0.29) is 5.75 Å². The van der Waals surface area contributed by atoms with Crippen molar-refractivity contribution in [3.63, 3.8) is 0 Å². The maximum absolute atomic E-state index is 15.3. The Kier molecular flexibility index (Phi) is 7.22. The minimum atomic E-state index is -2.66. The summed E-state index contributed by atoms with van der Waals surface area (Å²) in [5.41, 5.74) is 5.69. The highest BCUT2D eigenvalue weighted by molar-refractivity contribution is 7.71. The van der Waals surface area contributed by atoms with Crippen molar-refractivity contribution in [3.05, 3.63) is 107 Å². The summed E-state index contributed by atoms with van der Waals surface area (Å²) in [6.45, 7) is 1.94. The molecule has 2 N–H and O–H groups in total. The van der Waals surface area contributed by atoms with Gasteiger partial charge in [0.25, 0.3) is 0 Å². The summed E-state index contributed by atoms with van der Waals surface area (Å²) in [5, 5.41) is 16.8. The van der Waals surface area contributed by atoms with E-state index in [0.29, 0.717) is 17.5 Å². The molecular formula is C27H23FN2O4S. The number of carboxylic acid groups (broad SMARTS) is 1. The number of H-pyrrole nitrogens is 1. The Morgan fingerprint density at radius 2 is 1.80 bits per heavy atom. The summed E-state index contributed by atoms with van der Waals surface area (Å²) in [6.07, 6.45) is 4.82. The number of hydrogen-bond donors (Lipinski definition) is 3. The van der Waals surface area contributed by atoms with Crippen LogP contribution in [0.2, 0.25) is 0 Å². The van der Waals surface area contributed by atoms with Gasteiger partial charge >= 0.3 is 5.97 Å². The van der Waals surface area contributed by atoms with Gasteiger partial charge in [0.2, 0.25) is 0 Å². The van der Waals surface area contributed by atoms with Crippen LogP contribution in [0.5, 0.6) is 0 Å². The SMILES string of the molecule is CC/C(=C(/c1ccc(/C=C/C(=O)O)cc1)c1ccc2[nH]ncc2c1)c1ccc(C[SH](=O)=O)cc1F. The van der Waals surface area contributed by atoms with Crippen LogP contribution < -0.4 is 0 Å². The van der Waals surface area contributed by atoms with Crippen LogP contribution in [0, 0.1) is 5.82 Å². The summed E-state index contributed by atoms with van der Waals surface area (Å²) >= 11 is 0. The van der Waals surface area contributed by atoms with Crippen LogP contribution >= 0.6 is 0 Å². The van der Waals surface area contributed by atoms with Crippen LogP contribution in [0.1, 0.15) is 41.2 Å². The predicted molar refractivity (Wildman–Crippen MR) is 136 cm³/mol. The number of benzene rings is 3. The lowest BCUT2D eigenvalue weighted by Crippen LogP contribution is -1.99. The number of rotatable bonds is 8. The molecule has 0 amide bonds. The molecular weight excluding hydrogens is 467 g/mol. The fourth-order valence-corrected chi connectivity index (χ4v) is 4.59.